The molecule has 2 rings (SSSR count). The first-order valence-electron chi connectivity index (χ1n) is 7.09. The zero-order chi connectivity index (χ0) is 13.7. The van der Waals surface area contributed by atoms with Crippen molar-refractivity contribution >= 4 is 17.3 Å². The van der Waals surface area contributed by atoms with Crippen LogP contribution in [0.2, 0.25) is 5.02 Å². The van der Waals surface area contributed by atoms with E-state index in [1.54, 1.807) is 0 Å². The Balaban J connectivity index is 2.06. The molecule has 1 aliphatic rings. The first kappa shape index (κ1) is 14.6. The molecule has 3 nitrogen and oxygen atoms in total. The standard InChI is InChI=1S/C15H23ClN2O/c1-2-18(11-14-4-3-9-19-14)13-6-5-12(7-8-17)15(16)10-13/h5-6,10,14H,2-4,7-9,11,17H2,1H3. The number of hydrogen-bond donors (Lipinski definition) is 1. The maximum absolute atomic E-state index is 6.31. The zero-order valence-corrected chi connectivity index (χ0v) is 12.3. The van der Waals surface area contributed by atoms with Crippen molar-refractivity contribution in [3.8, 4) is 0 Å². The molecule has 0 radical (unpaired) electrons. The van der Waals surface area contributed by atoms with Crippen LogP contribution in [-0.2, 0) is 11.2 Å². The van der Waals surface area contributed by atoms with Gasteiger partial charge in [0.15, 0.2) is 0 Å². The Bertz CT molecular complexity index is 405. The minimum atomic E-state index is 0.363. The summed E-state index contributed by atoms with van der Waals surface area (Å²) in [4.78, 5) is 2.33. The molecule has 0 aromatic heterocycles. The fourth-order valence-electron chi connectivity index (χ4n) is 2.54. The molecule has 1 aromatic rings. The van der Waals surface area contributed by atoms with E-state index in [-0.39, 0.29) is 0 Å². The maximum Gasteiger partial charge on any atom is 0.0750 e. The van der Waals surface area contributed by atoms with Crippen molar-refractivity contribution in [1.29, 1.82) is 0 Å². The predicted octanol–water partition coefficient (Wildman–Crippen LogP) is 2.85. The normalized spacial score (nSPS) is 18.8. The summed E-state index contributed by atoms with van der Waals surface area (Å²) in [7, 11) is 0. The van der Waals surface area contributed by atoms with E-state index in [2.05, 4.69) is 24.0 Å². The van der Waals surface area contributed by atoms with Gasteiger partial charge in [-0.3, -0.25) is 0 Å². The van der Waals surface area contributed by atoms with Crippen molar-refractivity contribution in [2.45, 2.75) is 32.3 Å². The number of benzene rings is 1. The summed E-state index contributed by atoms with van der Waals surface area (Å²) in [6, 6.07) is 6.27. The van der Waals surface area contributed by atoms with Crippen LogP contribution < -0.4 is 10.6 Å². The van der Waals surface area contributed by atoms with Crippen LogP contribution in [0.4, 0.5) is 5.69 Å². The van der Waals surface area contributed by atoms with Gasteiger partial charge in [0, 0.05) is 30.4 Å². The molecule has 19 heavy (non-hydrogen) atoms. The van der Waals surface area contributed by atoms with Crippen LogP contribution >= 0.6 is 11.6 Å². The smallest absolute Gasteiger partial charge is 0.0750 e. The second-order valence-corrected chi connectivity index (χ2v) is 5.40. The van der Waals surface area contributed by atoms with Gasteiger partial charge in [-0.05, 0) is 50.4 Å². The van der Waals surface area contributed by atoms with Gasteiger partial charge in [0.25, 0.3) is 0 Å². The molecule has 0 spiro atoms. The molecule has 4 heteroatoms. The Labute approximate surface area is 120 Å². The van der Waals surface area contributed by atoms with Gasteiger partial charge in [-0.1, -0.05) is 17.7 Å². The lowest BCUT2D eigenvalue weighted by atomic mass is 10.1. The number of ether oxygens (including phenoxy) is 1. The lowest BCUT2D eigenvalue weighted by Gasteiger charge is -2.26. The average Bonchev–Trinajstić information content (AvgIpc) is 2.91. The third-order valence-corrected chi connectivity index (χ3v) is 4.00. The first-order valence-corrected chi connectivity index (χ1v) is 7.47. The molecule has 0 aliphatic carbocycles. The molecule has 0 amide bonds. The van der Waals surface area contributed by atoms with Crippen LogP contribution in [0, 0.1) is 0 Å². The second kappa shape index (κ2) is 7.13. The highest BCUT2D eigenvalue weighted by Crippen LogP contribution is 2.25. The number of likely N-dealkylation sites (N-methyl/N-ethyl adjacent to an activating group) is 1. The minimum absolute atomic E-state index is 0.363. The fraction of sp³-hybridized carbons (Fsp3) is 0.600. The summed E-state index contributed by atoms with van der Waals surface area (Å²) in [5.41, 5.74) is 7.87. The highest BCUT2D eigenvalue weighted by atomic mass is 35.5. The fourth-order valence-corrected chi connectivity index (χ4v) is 2.81. The molecular formula is C15H23ClN2O. The number of halogens is 1. The van der Waals surface area contributed by atoms with E-state index in [0.29, 0.717) is 12.6 Å². The van der Waals surface area contributed by atoms with Crippen molar-refractivity contribution in [3.63, 3.8) is 0 Å². The summed E-state index contributed by atoms with van der Waals surface area (Å²) in [6.45, 7) is 5.61. The van der Waals surface area contributed by atoms with Gasteiger partial charge < -0.3 is 15.4 Å². The molecule has 2 N–H and O–H groups in total. The van der Waals surface area contributed by atoms with Gasteiger partial charge >= 0.3 is 0 Å². The van der Waals surface area contributed by atoms with Gasteiger partial charge in [0.05, 0.1) is 6.10 Å². The number of rotatable bonds is 6. The third kappa shape index (κ3) is 3.85. The van der Waals surface area contributed by atoms with E-state index < -0.39 is 0 Å². The molecule has 1 saturated heterocycles. The minimum Gasteiger partial charge on any atom is -0.376 e. The Hall–Kier alpha value is -0.770. The SMILES string of the molecule is CCN(CC1CCCO1)c1ccc(CCN)c(Cl)c1. The Morgan fingerprint density at radius 2 is 2.32 bits per heavy atom. The van der Waals surface area contributed by atoms with Crippen LogP contribution in [0.25, 0.3) is 0 Å². The quantitative estimate of drug-likeness (QED) is 0.872. The van der Waals surface area contributed by atoms with Gasteiger partial charge in [-0.25, -0.2) is 0 Å². The topological polar surface area (TPSA) is 38.5 Å². The molecule has 1 heterocycles. The molecule has 1 unspecified atom stereocenters. The van der Waals surface area contributed by atoms with Crippen molar-refractivity contribution < 1.29 is 4.74 Å². The van der Waals surface area contributed by atoms with Gasteiger partial charge in [-0.2, -0.15) is 0 Å². The zero-order valence-electron chi connectivity index (χ0n) is 11.6. The third-order valence-electron chi connectivity index (χ3n) is 3.65. The van der Waals surface area contributed by atoms with Crippen LogP contribution in [0.3, 0.4) is 0 Å². The van der Waals surface area contributed by atoms with Crippen molar-refractivity contribution in [1.82, 2.24) is 0 Å². The maximum atomic E-state index is 6.31. The first-order chi connectivity index (χ1) is 9.24. The predicted molar refractivity (Wildman–Crippen MR) is 81.1 cm³/mol. The van der Waals surface area contributed by atoms with Crippen molar-refractivity contribution in [3.05, 3.63) is 28.8 Å². The Morgan fingerprint density at radius 1 is 1.47 bits per heavy atom. The summed E-state index contributed by atoms with van der Waals surface area (Å²) in [5.74, 6) is 0. The lowest BCUT2D eigenvalue weighted by molar-refractivity contribution is 0.115. The molecule has 1 fully saturated rings. The summed E-state index contributed by atoms with van der Waals surface area (Å²) >= 11 is 6.31. The molecular weight excluding hydrogens is 260 g/mol. The second-order valence-electron chi connectivity index (χ2n) is 4.99. The monoisotopic (exact) mass is 282 g/mol. The van der Waals surface area contributed by atoms with Crippen molar-refractivity contribution in [2.24, 2.45) is 5.73 Å². The van der Waals surface area contributed by atoms with Gasteiger partial charge in [0.1, 0.15) is 0 Å². The van der Waals surface area contributed by atoms with E-state index in [1.807, 2.05) is 6.07 Å². The molecule has 0 saturated carbocycles. The number of hydrogen-bond acceptors (Lipinski definition) is 3. The molecule has 1 aromatic carbocycles. The number of nitrogens with zero attached hydrogens (tertiary/aromatic N) is 1. The largest absolute Gasteiger partial charge is 0.376 e. The number of nitrogens with two attached hydrogens (primary N) is 1. The van der Waals surface area contributed by atoms with Gasteiger partial charge in [-0.15, -0.1) is 0 Å². The highest BCUT2D eigenvalue weighted by Gasteiger charge is 2.19. The summed E-state index contributed by atoms with van der Waals surface area (Å²) in [6.07, 6.45) is 3.53. The Morgan fingerprint density at radius 3 is 2.89 bits per heavy atom. The van der Waals surface area contributed by atoms with Crippen molar-refractivity contribution in [2.75, 3.05) is 31.1 Å². The highest BCUT2D eigenvalue weighted by molar-refractivity contribution is 6.31. The van der Waals surface area contributed by atoms with E-state index >= 15 is 0 Å². The lowest BCUT2D eigenvalue weighted by Crippen LogP contribution is -2.32. The van der Waals surface area contributed by atoms with Crippen LogP contribution in [0.15, 0.2) is 18.2 Å². The van der Waals surface area contributed by atoms with E-state index in [9.17, 15) is 0 Å². The van der Waals surface area contributed by atoms with E-state index in [1.165, 1.54) is 12.1 Å². The molecule has 1 aliphatic heterocycles. The summed E-state index contributed by atoms with van der Waals surface area (Å²) in [5, 5.41) is 0.814. The van der Waals surface area contributed by atoms with Gasteiger partial charge in [0.2, 0.25) is 0 Å². The Kier molecular flexibility index (Phi) is 5.49. The van der Waals surface area contributed by atoms with Crippen LogP contribution in [0.5, 0.6) is 0 Å². The number of anilines is 1. The van der Waals surface area contributed by atoms with Crippen LogP contribution in [-0.4, -0.2) is 32.3 Å². The average molecular weight is 283 g/mol. The molecule has 1 atom stereocenters. The molecule has 0 bridgehead atoms. The summed E-state index contributed by atoms with van der Waals surface area (Å²) < 4.78 is 5.71. The molecule has 106 valence electrons. The van der Waals surface area contributed by atoms with E-state index in [0.717, 1.165) is 43.1 Å². The van der Waals surface area contributed by atoms with E-state index in [4.69, 9.17) is 22.1 Å². The van der Waals surface area contributed by atoms with Crippen LogP contribution in [0.1, 0.15) is 25.3 Å².